The van der Waals surface area contributed by atoms with Gasteiger partial charge in [0.2, 0.25) is 0 Å². The molecule has 0 bridgehead atoms. The van der Waals surface area contributed by atoms with Crippen LogP contribution in [0.5, 0.6) is 0 Å². The van der Waals surface area contributed by atoms with Gasteiger partial charge in [0.1, 0.15) is 0 Å². The SMILES string of the molecule is O=P#C/C(=C/C(=O)O)C(=O)O. The van der Waals surface area contributed by atoms with Gasteiger partial charge in [-0.1, -0.05) is 0 Å². The number of carboxylic acid groups (broad SMARTS) is 2. The summed E-state index contributed by atoms with van der Waals surface area (Å²) in [6.45, 7) is 0. The molecule has 0 aromatic rings. The zero-order chi connectivity index (χ0) is 8.85. The summed E-state index contributed by atoms with van der Waals surface area (Å²) in [5, 5.41) is 16.3. The summed E-state index contributed by atoms with van der Waals surface area (Å²) in [6, 6.07) is 0. The standard InChI is InChI=1S/C5H3O5P/c6-4(7)1-3(2-11-10)5(8)9/h1H,(H,6,7)(H,8,9)/b3-1-. The Balaban J connectivity index is 4.84. The Morgan fingerprint density at radius 3 is 2.18 bits per heavy atom. The van der Waals surface area contributed by atoms with Crippen molar-refractivity contribution in [2.75, 3.05) is 0 Å². The van der Waals surface area contributed by atoms with Gasteiger partial charge in [0.05, 0.1) is 0 Å². The average molecular weight is 174 g/mol. The molecular formula is C5H3O5P. The number of carbonyl (C=O) groups is 2. The summed E-state index contributed by atoms with van der Waals surface area (Å²) in [5.74, 6) is -2.89. The van der Waals surface area contributed by atoms with E-state index in [9.17, 15) is 14.2 Å². The molecule has 0 aromatic heterocycles. The van der Waals surface area contributed by atoms with Gasteiger partial charge in [0.15, 0.2) is 0 Å². The van der Waals surface area contributed by atoms with Crippen molar-refractivity contribution in [2.24, 2.45) is 0 Å². The van der Waals surface area contributed by atoms with Gasteiger partial charge in [-0.05, 0) is 0 Å². The van der Waals surface area contributed by atoms with Crippen LogP contribution in [0.4, 0.5) is 0 Å². The molecule has 0 amide bonds. The number of hydrogen-bond acceptors (Lipinski definition) is 3. The number of carboxylic acids is 2. The summed E-state index contributed by atoms with van der Waals surface area (Å²) in [5.41, 5.74) is 1.18. The van der Waals surface area contributed by atoms with E-state index in [-0.39, 0.29) is 0 Å². The first-order valence-electron chi connectivity index (χ1n) is 2.34. The van der Waals surface area contributed by atoms with Crippen LogP contribution in [-0.4, -0.2) is 22.2 Å². The third-order valence-corrected chi connectivity index (χ3v) is 0.997. The molecule has 0 saturated heterocycles. The van der Waals surface area contributed by atoms with Gasteiger partial charge >= 0.3 is 61.5 Å². The first-order chi connectivity index (χ1) is 5.07. The Bertz CT molecular complexity index is 309. The molecule has 0 aromatic carbocycles. The third-order valence-electron chi connectivity index (χ3n) is 0.664. The van der Waals surface area contributed by atoms with Crippen molar-refractivity contribution in [3.8, 4) is 5.63 Å². The van der Waals surface area contributed by atoms with Gasteiger partial charge in [-0.3, -0.25) is 0 Å². The summed E-state index contributed by atoms with van der Waals surface area (Å²) < 4.78 is 9.79. The van der Waals surface area contributed by atoms with Gasteiger partial charge in [0, 0.05) is 0 Å². The van der Waals surface area contributed by atoms with Gasteiger partial charge in [0.25, 0.3) is 0 Å². The normalized spacial score (nSPS) is 10.0. The van der Waals surface area contributed by atoms with Crippen LogP contribution in [0.2, 0.25) is 0 Å². The van der Waals surface area contributed by atoms with E-state index in [1.807, 2.05) is 5.63 Å². The summed E-state index contributed by atoms with van der Waals surface area (Å²) in [6.07, 6.45) is 0.410. The Morgan fingerprint density at radius 2 is 1.91 bits per heavy atom. The van der Waals surface area contributed by atoms with Gasteiger partial charge in [-0.25, -0.2) is 0 Å². The fourth-order valence-electron chi connectivity index (χ4n) is 0.314. The van der Waals surface area contributed by atoms with Crippen LogP contribution in [0, 0.1) is 5.63 Å². The summed E-state index contributed by atoms with van der Waals surface area (Å²) >= 11 is 0. The Morgan fingerprint density at radius 1 is 1.36 bits per heavy atom. The molecule has 58 valence electrons. The monoisotopic (exact) mass is 174 g/mol. The molecule has 0 aliphatic rings. The zero-order valence-electron chi connectivity index (χ0n) is 5.14. The minimum atomic E-state index is -1.48. The van der Waals surface area contributed by atoms with Crippen LogP contribution in [0.25, 0.3) is 0 Å². The predicted octanol–water partition coefficient (Wildman–Crippen LogP) is 0.333. The second kappa shape index (κ2) is 4.50. The van der Waals surface area contributed by atoms with Crippen LogP contribution in [0.15, 0.2) is 11.6 Å². The topological polar surface area (TPSA) is 91.7 Å². The predicted molar refractivity (Wildman–Crippen MR) is 34.8 cm³/mol. The average Bonchev–Trinajstić information content (AvgIpc) is 1.86. The fourth-order valence-corrected chi connectivity index (χ4v) is 0.573. The molecule has 6 heteroatoms. The van der Waals surface area contributed by atoms with E-state index in [1.165, 1.54) is 0 Å². The Kier molecular flexibility index (Phi) is 3.96. The molecule has 5 nitrogen and oxygen atoms in total. The maximum atomic E-state index is 10.1. The van der Waals surface area contributed by atoms with Crippen molar-refractivity contribution in [1.82, 2.24) is 0 Å². The summed E-state index contributed by atoms with van der Waals surface area (Å²) in [4.78, 5) is 20.0. The van der Waals surface area contributed by atoms with E-state index in [0.29, 0.717) is 6.08 Å². The van der Waals surface area contributed by atoms with Crippen LogP contribution in [0.3, 0.4) is 0 Å². The van der Waals surface area contributed by atoms with E-state index >= 15 is 0 Å². The molecule has 0 spiro atoms. The van der Waals surface area contributed by atoms with Crippen LogP contribution in [-0.2, 0) is 14.2 Å². The van der Waals surface area contributed by atoms with E-state index in [2.05, 4.69) is 0 Å². The van der Waals surface area contributed by atoms with E-state index in [1.54, 1.807) is 0 Å². The quantitative estimate of drug-likeness (QED) is 0.465. The minimum absolute atomic E-state index is 0.410. The molecule has 0 aliphatic heterocycles. The van der Waals surface area contributed by atoms with Crippen molar-refractivity contribution >= 4 is 19.9 Å². The van der Waals surface area contributed by atoms with Gasteiger partial charge in [-0.2, -0.15) is 0 Å². The first-order valence-corrected chi connectivity index (χ1v) is 3.15. The summed E-state index contributed by atoms with van der Waals surface area (Å²) in [7, 11) is -0.657. The molecule has 0 radical (unpaired) electrons. The van der Waals surface area contributed by atoms with Crippen molar-refractivity contribution in [1.29, 1.82) is 0 Å². The Labute approximate surface area is 62.5 Å². The third kappa shape index (κ3) is 4.14. The van der Waals surface area contributed by atoms with Crippen LogP contribution in [0.1, 0.15) is 0 Å². The Hall–Kier alpha value is -1.31. The second-order valence-electron chi connectivity index (χ2n) is 1.40. The zero-order valence-corrected chi connectivity index (χ0v) is 6.04. The molecule has 0 heterocycles. The van der Waals surface area contributed by atoms with Gasteiger partial charge in [-0.15, -0.1) is 0 Å². The van der Waals surface area contributed by atoms with Crippen LogP contribution >= 0.6 is 7.92 Å². The molecule has 0 unspecified atom stereocenters. The van der Waals surface area contributed by atoms with Crippen LogP contribution < -0.4 is 0 Å². The van der Waals surface area contributed by atoms with Gasteiger partial charge < -0.3 is 0 Å². The molecule has 11 heavy (non-hydrogen) atoms. The van der Waals surface area contributed by atoms with E-state index < -0.39 is 25.4 Å². The van der Waals surface area contributed by atoms with Crippen molar-refractivity contribution in [2.45, 2.75) is 0 Å². The molecule has 0 fully saturated rings. The number of rotatable bonds is 2. The van der Waals surface area contributed by atoms with Crippen molar-refractivity contribution in [3.63, 3.8) is 0 Å². The fraction of sp³-hybridized carbons (Fsp3) is 0. The van der Waals surface area contributed by atoms with E-state index in [0.717, 1.165) is 0 Å². The maximum absolute atomic E-state index is 10.1. The van der Waals surface area contributed by atoms with E-state index in [4.69, 9.17) is 10.2 Å². The van der Waals surface area contributed by atoms with Crippen molar-refractivity contribution in [3.05, 3.63) is 11.6 Å². The first kappa shape index (κ1) is 9.69. The van der Waals surface area contributed by atoms with Crippen molar-refractivity contribution < 1.29 is 24.4 Å². The molecule has 2 N–H and O–H groups in total. The molecule has 0 saturated carbocycles. The number of hydrogen-bond donors (Lipinski definition) is 2. The molecule has 0 rings (SSSR count). The molecule has 0 atom stereocenters. The number of aliphatic carboxylic acids is 2. The molecular weight excluding hydrogens is 171 g/mol. The molecule has 0 aliphatic carbocycles. The second-order valence-corrected chi connectivity index (χ2v) is 1.81.